The van der Waals surface area contributed by atoms with E-state index >= 15 is 0 Å². The number of ether oxygens (including phenoxy) is 2. The van der Waals surface area contributed by atoms with E-state index in [2.05, 4.69) is 28.1 Å². The first kappa shape index (κ1) is 13.9. The number of hydrogen-bond donors (Lipinski definition) is 0. The van der Waals surface area contributed by atoms with Crippen LogP contribution in [0.3, 0.4) is 0 Å². The highest BCUT2D eigenvalue weighted by atomic mass is 79.9. The molecule has 3 heteroatoms. The SMILES string of the molecule is COc1cccc(CBr)c1OCCc1ccccc1. The van der Waals surface area contributed by atoms with Crippen molar-refractivity contribution in [2.75, 3.05) is 13.7 Å². The van der Waals surface area contributed by atoms with Gasteiger partial charge in [-0.3, -0.25) is 0 Å². The van der Waals surface area contributed by atoms with Gasteiger partial charge < -0.3 is 9.47 Å². The lowest BCUT2D eigenvalue weighted by molar-refractivity contribution is 0.295. The van der Waals surface area contributed by atoms with E-state index in [0.717, 1.165) is 28.8 Å². The fraction of sp³-hybridized carbons (Fsp3) is 0.250. The summed E-state index contributed by atoms with van der Waals surface area (Å²) in [5, 5.41) is 0.755. The van der Waals surface area contributed by atoms with Crippen molar-refractivity contribution in [2.45, 2.75) is 11.8 Å². The molecule has 0 saturated carbocycles. The lowest BCUT2D eigenvalue weighted by Crippen LogP contribution is -2.04. The van der Waals surface area contributed by atoms with Crippen molar-refractivity contribution in [2.24, 2.45) is 0 Å². The van der Waals surface area contributed by atoms with Gasteiger partial charge in [-0.25, -0.2) is 0 Å². The van der Waals surface area contributed by atoms with E-state index in [1.165, 1.54) is 5.56 Å². The quantitative estimate of drug-likeness (QED) is 0.742. The molecule has 0 unspecified atom stereocenters. The maximum absolute atomic E-state index is 5.90. The first-order valence-corrected chi connectivity index (χ1v) is 7.36. The van der Waals surface area contributed by atoms with Crippen LogP contribution < -0.4 is 9.47 Å². The predicted octanol–water partition coefficient (Wildman–Crippen LogP) is 4.21. The summed E-state index contributed by atoms with van der Waals surface area (Å²) in [5.74, 6) is 1.61. The Morgan fingerprint density at radius 1 is 1.00 bits per heavy atom. The molecule has 0 aromatic heterocycles. The molecule has 19 heavy (non-hydrogen) atoms. The molecule has 0 amide bonds. The topological polar surface area (TPSA) is 18.5 Å². The van der Waals surface area contributed by atoms with E-state index in [9.17, 15) is 0 Å². The van der Waals surface area contributed by atoms with Gasteiger partial charge in [-0.2, -0.15) is 0 Å². The van der Waals surface area contributed by atoms with Gasteiger partial charge in [0, 0.05) is 17.3 Å². The fourth-order valence-electron chi connectivity index (χ4n) is 1.91. The number of alkyl halides is 1. The average Bonchev–Trinajstić information content (AvgIpc) is 2.48. The van der Waals surface area contributed by atoms with Crippen LogP contribution in [0.15, 0.2) is 48.5 Å². The summed E-state index contributed by atoms with van der Waals surface area (Å²) in [6, 6.07) is 16.3. The largest absolute Gasteiger partial charge is 0.493 e. The smallest absolute Gasteiger partial charge is 0.165 e. The zero-order valence-corrected chi connectivity index (χ0v) is 12.5. The van der Waals surface area contributed by atoms with E-state index in [1.807, 2.05) is 36.4 Å². The molecule has 0 N–H and O–H groups in total. The monoisotopic (exact) mass is 320 g/mol. The normalized spacial score (nSPS) is 10.2. The second-order valence-corrected chi connectivity index (χ2v) is 4.73. The van der Waals surface area contributed by atoms with Crippen molar-refractivity contribution < 1.29 is 9.47 Å². The molecule has 2 aromatic rings. The molecule has 2 aromatic carbocycles. The Balaban J connectivity index is 2.02. The molecule has 2 nitrogen and oxygen atoms in total. The molecule has 100 valence electrons. The molecule has 2 rings (SSSR count). The molecule has 0 heterocycles. The van der Waals surface area contributed by atoms with Crippen LogP contribution in [0.2, 0.25) is 0 Å². The second-order valence-electron chi connectivity index (χ2n) is 4.17. The van der Waals surface area contributed by atoms with Gasteiger partial charge in [0.25, 0.3) is 0 Å². The number of hydrogen-bond acceptors (Lipinski definition) is 2. The van der Waals surface area contributed by atoms with Crippen LogP contribution in [0.5, 0.6) is 11.5 Å². The van der Waals surface area contributed by atoms with Crippen LogP contribution in [-0.2, 0) is 11.8 Å². The van der Waals surface area contributed by atoms with Crippen molar-refractivity contribution in [3.8, 4) is 11.5 Å². The number of methoxy groups -OCH3 is 1. The Morgan fingerprint density at radius 2 is 1.79 bits per heavy atom. The summed E-state index contributed by atoms with van der Waals surface area (Å²) < 4.78 is 11.2. The van der Waals surface area contributed by atoms with E-state index in [0.29, 0.717) is 6.61 Å². The van der Waals surface area contributed by atoms with Gasteiger partial charge in [-0.1, -0.05) is 58.4 Å². The van der Waals surface area contributed by atoms with Crippen LogP contribution in [0.1, 0.15) is 11.1 Å². The van der Waals surface area contributed by atoms with E-state index in [4.69, 9.17) is 9.47 Å². The van der Waals surface area contributed by atoms with E-state index in [1.54, 1.807) is 7.11 Å². The summed E-state index contributed by atoms with van der Waals surface area (Å²) in [6.07, 6.45) is 0.889. The minimum absolute atomic E-state index is 0.643. The Bertz CT molecular complexity index is 489. The van der Waals surface area contributed by atoms with Crippen LogP contribution in [-0.4, -0.2) is 13.7 Å². The van der Waals surface area contributed by atoms with Gasteiger partial charge in [0.05, 0.1) is 13.7 Å². The Hall–Kier alpha value is -1.48. The van der Waals surface area contributed by atoms with Crippen LogP contribution in [0, 0.1) is 0 Å². The molecule has 0 fully saturated rings. The molecule has 0 aliphatic rings. The molecule has 0 saturated heterocycles. The molecule has 0 aliphatic carbocycles. The first-order valence-electron chi connectivity index (χ1n) is 6.23. The van der Waals surface area contributed by atoms with Crippen molar-refractivity contribution in [3.63, 3.8) is 0 Å². The lowest BCUT2D eigenvalue weighted by atomic mass is 10.1. The van der Waals surface area contributed by atoms with Crippen LogP contribution in [0.25, 0.3) is 0 Å². The molecule has 0 aliphatic heterocycles. The number of benzene rings is 2. The Kier molecular flexibility index (Phi) is 5.28. The average molecular weight is 321 g/mol. The summed E-state index contributed by atoms with van der Waals surface area (Å²) in [7, 11) is 1.66. The molecule has 0 radical (unpaired) electrons. The highest BCUT2D eigenvalue weighted by molar-refractivity contribution is 9.08. The van der Waals surface area contributed by atoms with Crippen molar-refractivity contribution in [1.82, 2.24) is 0 Å². The zero-order valence-electron chi connectivity index (χ0n) is 10.9. The van der Waals surface area contributed by atoms with Crippen molar-refractivity contribution >= 4 is 15.9 Å². The Labute approximate surface area is 122 Å². The standard InChI is InChI=1S/C16H17BrO2/c1-18-15-9-5-8-14(12-17)16(15)19-11-10-13-6-3-2-4-7-13/h2-9H,10-12H2,1H3. The second kappa shape index (κ2) is 7.19. The molecule has 0 atom stereocenters. The summed E-state index contributed by atoms with van der Waals surface area (Å²) in [5.41, 5.74) is 2.38. The van der Waals surface area contributed by atoms with Crippen LogP contribution in [0.4, 0.5) is 0 Å². The fourth-order valence-corrected chi connectivity index (χ4v) is 2.35. The Morgan fingerprint density at radius 3 is 2.47 bits per heavy atom. The highest BCUT2D eigenvalue weighted by Crippen LogP contribution is 2.32. The third-order valence-corrected chi connectivity index (χ3v) is 3.51. The molecule has 0 bridgehead atoms. The van der Waals surface area contributed by atoms with Gasteiger partial charge in [-0.05, 0) is 11.6 Å². The summed E-state index contributed by atoms with van der Waals surface area (Å²) in [4.78, 5) is 0. The van der Waals surface area contributed by atoms with E-state index < -0.39 is 0 Å². The maximum Gasteiger partial charge on any atom is 0.165 e. The van der Waals surface area contributed by atoms with Gasteiger partial charge in [0.2, 0.25) is 0 Å². The number of rotatable bonds is 6. The highest BCUT2D eigenvalue weighted by Gasteiger charge is 2.09. The van der Waals surface area contributed by atoms with Crippen LogP contribution >= 0.6 is 15.9 Å². The first-order chi connectivity index (χ1) is 9.35. The van der Waals surface area contributed by atoms with Gasteiger partial charge in [0.15, 0.2) is 11.5 Å². The van der Waals surface area contributed by atoms with Gasteiger partial charge in [0.1, 0.15) is 0 Å². The summed E-state index contributed by atoms with van der Waals surface area (Å²) in [6.45, 7) is 0.643. The zero-order chi connectivity index (χ0) is 13.5. The number of para-hydroxylation sites is 1. The predicted molar refractivity (Wildman–Crippen MR) is 81.3 cm³/mol. The van der Waals surface area contributed by atoms with Crippen molar-refractivity contribution in [1.29, 1.82) is 0 Å². The third-order valence-electron chi connectivity index (χ3n) is 2.90. The molecule has 0 spiro atoms. The minimum Gasteiger partial charge on any atom is -0.493 e. The van der Waals surface area contributed by atoms with Gasteiger partial charge >= 0.3 is 0 Å². The third kappa shape index (κ3) is 3.74. The number of halogens is 1. The van der Waals surface area contributed by atoms with Crippen molar-refractivity contribution in [3.05, 3.63) is 59.7 Å². The van der Waals surface area contributed by atoms with E-state index in [-0.39, 0.29) is 0 Å². The summed E-state index contributed by atoms with van der Waals surface area (Å²) >= 11 is 3.47. The molecular weight excluding hydrogens is 304 g/mol. The van der Waals surface area contributed by atoms with Gasteiger partial charge in [-0.15, -0.1) is 0 Å². The lowest BCUT2D eigenvalue weighted by Gasteiger charge is -2.13. The molecular formula is C16H17BrO2. The minimum atomic E-state index is 0.643. The maximum atomic E-state index is 5.90.